The van der Waals surface area contributed by atoms with E-state index in [0.29, 0.717) is 17.7 Å². The molecule has 3 rings (SSSR count). The lowest BCUT2D eigenvalue weighted by atomic mass is 10.0. The maximum atomic E-state index is 13.6. The first kappa shape index (κ1) is 19.9. The van der Waals surface area contributed by atoms with Crippen LogP contribution in [0.25, 0.3) is 0 Å². The fourth-order valence-corrected chi connectivity index (χ4v) is 3.34. The highest BCUT2D eigenvalue weighted by atomic mass is 19.1. The standard InChI is InChI=1S/C21H23F2N3O2/c22-17-7-5-15(6-8-17)21(28)25-18-9-11-26(12-10-18)14-20(27)24-13-16-3-1-2-4-19(16)23/h1-8,18H,9-14H2,(H,24,27)(H,25,28)/p+1. The van der Waals surface area contributed by atoms with Crippen molar-refractivity contribution in [1.82, 2.24) is 10.6 Å². The van der Waals surface area contributed by atoms with Crippen molar-refractivity contribution in [1.29, 1.82) is 0 Å². The first-order valence-electron chi connectivity index (χ1n) is 9.41. The zero-order valence-corrected chi connectivity index (χ0v) is 15.5. The molecule has 2 aromatic rings. The molecule has 0 spiro atoms. The van der Waals surface area contributed by atoms with Crippen LogP contribution in [0.1, 0.15) is 28.8 Å². The highest BCUT2D eigenvalue weighted by Gasteiger charge is 2.25. The summed E-state index contributed by atoms with van der Waals surface area (Å²) in [5, 5.41) is 5.72. The molecule has 0 bridgehead atoms. The van der Waals surface area contributed by atoms with Gasteiger partial charge in [0, 0.05) is 36.6 Å². The largest absolute Gasteiger partial charge is 0.349 e. The van der Waals surface area contributed by atoms with Crippen LogP contribution in [0.3, 0.4) is 0 Å². The summed E-state index contributed by atoms with van der Waals surface area (Å²) >= 11 is 0. The van der Waals surface area contributed by atoms with Crippen LogP contribution in [0.5, 0.6) is 0 Å². The van der Waals surface area contributed by atoms with Gasteiger partial charge in [-0.2, -0.15) is 0 Å². The van der Waals surface area contributed by atoms with Crippen molar-refractivity contribution in [3.8, 4) is 0 Å². The topological polar surface area (TPSA) is 62.6 Å². The molecule has 5 nitrogen and oxygen atoms in total. The first-order valence-corrected chi connectivity index (χ1v) is 9.41. The van der Waals surface area contributed by atoms with E-state index in [0.717, 1.165) is 30.8 Å². The Labute approximate surface area is 162 Å². The third-order valence-corrected chi connectivity index (χ3v) is 4.98. The van der Waals surface area contributed by atoms with Crippen LogP contribution >= 0.6 is 0 Å². The van der Waals surface area contributed by atoms with E-state index in [1.807, 2.05) is 0 Å². The molecule has 2 amide bonds. The number of carbonyl (C=O) groups excluding carboxylic acids is 2. The number of piperidine rings is 1. The molecule has 2 aromatic carbocycles. The van der Waals surface area contributed by atoms with Crippen molar-refractivity contribution in [2.24, 2.45) is 0 Å². The Bertz CT molecular complexity index is 819. The van der Waals surface area contributed by atoms with Crippen molar-refractivity contribution in [3.05, 3.63) is 71.3 Å². The molecular formula is C21H24F2N3O2+. The number of hydrogen-bond donors (Lipinski definition) is 3. The second-order valence-electron chi connectivity index (χ2n) is 7.05. The van der Waals surface area contributed by atoms with Crippen LogP contribution in [0.15, 0.2) is 48.5 Å². The van der Waals surface area contributed by atoms with Crippen LogP contribution in [0.2, 0.25) is 0 Å². The van der Waals surface area contributed by atoms with Gasteiger partial charge in [-0.25, -0.2) is 8.78 Å². The van der Waals surface area contributed by atoms with Gasteiger partial charge in [0.25, 0.3) is 11.8 Å². The summed E-state index contributed by atoms with van der Waals surface area (Å²) in [6, 6.07) is 11.9. The smallest absolute Gasteiger partial charge is 0.275 e. The van der Waals surface area contributed by atoms with E-state index in [9.17, 15) is 18.4 Å². The van der Waals surface area contributed by atoms with Crippen molar-refractivity contribution in [2.45, 2.75) is 25.4 Å². The number of quaternary nitrogens is 1. The average Bonchev–Trinajstić information content (AvgIpc) is 2.69. The highest BCUT2D eigenvalue weighted by molar-refractivity contribution is 5.94. The van der Waals surface area contributed by atoms with Gasteiger partial charge < -0.3 is 15.5 Å². The van der Waals surface area contributed by atoms with Gasteiger partial charge >= 0.3 is 0 Å². The molecule has 1 heterocycles. The molecule has 1 fully saturated rings. The predicted molar refractivity (Wildman–Crippen MR) is 101 cm³/mol. The van der Waals surface area contributed by atoms with Gasteiger partial charge in [0.15, 0.2) is 6.54 Å². The molecule has 3 N–H and O–H groups in total. The van der Waals surface area contributed by atoms with Gasteiger partial charge in [-0.15, -0.1) is 0 Å². The SMILES string of the molecule is O=C(C[NH+]1CCC(NC(=O)c2ccc(F)cc2)CC1)NCc1ccccc1F. The van der Waals surface area contributed by atoms with Crippen molar-refractivity contribution >= 4 is 11.8 Å². The van der Waals surface area contributed by atoms with Crippen molar-refractivity contribution < 1.29 is 23.3 Å². The highest BCUT2D eigenvalue weighted by Crippen LogP contribution is 2.06. The molecular weight excluding hydrogens is 364 g/mol. The van der Waals surface area contributed by atoms with Gasteiger partial charge in [-0.3, -0.25) is 9.59 Å². The fourth-order valence-electron chi connectivity index (χ4n) is 3.34. The van der Waals surface area contributed by atoms with Crippen LogP contribution < -0.4 is 15.5 Å². The number of rotatable bonds is 6. The Kier molecular flexibility index (Phi) is 6.71. The summed E-state index contributed by atoms with van der Waals surface area (Å²) in [5.74, 6) is -1.03. The van der Waals surface area contributed by atoms with E-state index >= 15 is 0 Å². The minimum Gasteiger partial charge on any atom is -0.349 e. The van der Waals surface area contributed by atoms with Gasteiger partial charge in [0.2, 0.25) is 0 Å². The minimum absolute atomic E-state index is 0.0442. The van der Waals surface area contributed by atoms with Crippen LogP contribution in [-0.2, 0) is 11.3 Å². The Balaban J connectivity index is 1.39. The minimum atomic E-state index is -0.373. The predicted octanol–water partition coefficient (Wildman–Crippen LogP) is 1.06. The number of nitrogens with one attached hydrogen (secondary N) is 3. The van der Waals surface area contributed by atoms with Gasteiger partial charge in [-0.05, 0) is 30.3 Å². The molecule has 0 saturated carbocycles. The van der Waals surface area contributed by atoms with E-state index in [-0.39, 0.29) is 36.0 Å². The molecule has 1 aliphatic heterocycles. The van der Waals surface area contributed by atoms with Gasteiger partial charge in [0.1, 0.15) is 11.6 Å². The maximum absolute atomic E-state index is 13.6. The average molecular weight is 388 g/mol. The number of likely N-dealkylation sites (tertiary alicyclic amines) is 1. The number of carbonyl (C=O) groups is 2. The summed E-state index contributed by atoms with van der Waals surface area (Å²) in [7, 11) is 0. The lowest BCUT2D eigenvalue weighted by Crippen LogP contribution is -3.14. The van der Waals surface area contributed by atoms with Crippen LogP contribution in [-0.4, -0.2) is 37.5 Å². The third-order valence-electron chi connectivity index (χ3n) is 4.98. The third kappa shape index (κ3) is 5.60. The number of amides is 2. The molecule has 148 valence electrons. The summed E-state index contributed by atoms with van der Waals surface area (Å²) in [5.41, 5.74) is 0.900. The van der Waals surface area contributed by atoms with Crippen LogP contribution in [0.4, 0.5) is 8.78 Å². The van der Waals surface area contributed by atoms with E-state index in [1.54, 1.807) is 18.2 Å². The van der Waals surface area contributed by atoms with Gasteiger partial charge in [0.05, 0.1) is 13.1 Å². The molecule has 1 aliphatic rings. The summed E-state index contributed by atoms with van der Waals surface area (Å²) in [4.78, 5) is 25.4. The maximum Gasteiger partial charge on any atom is 0.275 e. The van der Waals surface area contributed by atoms with E-state index in [2.05, 4.69) is 10.6 Å². The molecule has 0 radical (unpaired) electrons. The second-order valence-corrected chi connectivity index (χ2v) is 7.05. The Hall–Kier alpha value is -2.80. The Morgan fingerprint density at radius 2 is 1.68 bits per heavy atom. The zero-order valence-electron chi connectivity index (χ0n) is 15.5. The zero-order chi connectivity index (χ0) is 19.9. The summed E-state index contributed by atoms with van der Waals surface area (Å²) in [6.07, 6.45) is 1.53. The molecule has 0 atom stereocenters. The molecule has 1 saturated heterocycles. The molecule has 0 aliphatic carbocycles. The van der Waals surface area contributed by atoms with Crippen molar-refractivity contribution in [3.63, 3.8) is 0 Å². The molecule has 0 aromatic heterocycles. The molecule has 0 unspecified atom stereocenters. The monoisotopic (exact) mass is 388 g/mol. The summed E-state index contributed by atoms with van der Waals surface area (Å²) in [6.45, 7) is 2.03. The Morgan fingerprint density at radius 3 is 2.36 bits per heavy atom. The number of hydrogen-bond acceptors (Lipinski definition) is 2. The Morgan fingerprint density at radius 1 is 1.00 bits per heavy atom. The summed E-state index contributed by atoms with van der Waals surface area (Å²) < 4.78 is 26.5. The van der Waals surface area contributed by atoms with E-state index < -0.39 is 0 Å². The second kappa shape index (κ2) is 9.41. The lowest BCUT2D eigenvalue weighted by molar-refractivity contribution is -0.897. The first-order chi connectivity index (χ1) is 13.5. The quantitative estimate of drug-likeness (QED) is 0.693. The fraction of sp³-hybridized carbons (Fsp3) is 0.333. The van der Waals surface area contributed by atoms with Crippen molar-refractivity contribution in [2.75, 3.05) is 19.6 Å². The molecule has 28 heavy (non-hydrogen) atoms. The number of benzene rings is 2. The molecule has 7 heteroatoms. The normalized spacial score (nSPS) is 19.1. The van der Waals surface area contributed by atoms with E-state index in [4.69, 9.17) is 0 Å². The van der Waals surface area contributed by atoms with Gasteiger partial charge in [-0.1, -0.05) is 18.2 Å². The lowest BCUT2D eigenvalue weighted by Gasteiger charge is -2.29. The van der Waals surface area contributed by atoms with E-state index in [1.165, 1.54) is 30.3 Å². The van der Waals surface area contributed by atoms with Crippen LogP contribution in [0, 0.1) is 11.6 Å². The number of halogens is 2.